The Labute approximate surface area is 113 Å². The molecule has 0 spiro atoms. The van der Waals surface area contributed by atoms with Gasteiger partial charge in [-0.1, -0.05) is 35.9 Å². The summed E-state index contributed by atoms with van der Waals surface area (Å²) in [4.78, 5) is 0. The third-order valence-corrected chi connectivity index (χ3v) is 0.940. The zero-order valence-electron chi connectivity index (χ0n) is 6.52. The van der Waals surface area contributed by atoms with E-state index in [2.05, 4.69) is 19.1 Å². The topological polar surface area (TPSA) is 0 Å². The van der Waals surface area contributed by atoms with Gasteiger partial charge in [-0.2, -0.15) is 0 Å². The molecule has 0 nitrogen and oxygen atoms in total. The van der Waals surface area contributed by atoms with Crippen LogP contribution in [0.25, 0.3) is 0 Å². The molecule has 0 saturated carbocycles. The number of hydrogen-bond donors (Lipinski definition) is 0. The maximum atomic E-state index is 2.08. The van der Waals surface area contributed by atoms with Crippen LogP contribution in [0.15, 0.2) is 30.3 Å². The molecule has 1 rings (SSSR count). The van der Waals surface area contributed by atoms with Gasteiger partial charge >= 0.3 is 0 Å². The third kappa shape index (κ3) is 13.7. The van der Waals surface area contributed by atoms with Crippen LogP contribution in [-0.4, -0.2) is 0 Å². The van der Waals surface area contributed by atoms with Crippen molar-refractivity contribution in [3.8, 4) is 0 Å². The van der Waals surface area contributed by atoms with Gasteiger partial charge in [-0.05, 0) is 6.92 Å². The van der Waals surface area contributed by atoms with Crippen LogP contribution in [0.5, 0.6) is 0 Å². The number of hydrogen-bond acceptors (Lipinski definition) is 0. The summed E-state index contributed by atoms with van der Waals surface area (Å²) in [6, 6.07) is 10.3. The molecule has 0 fully saturated rings. The molecule has 0 heterocycles. The van der Waals surface area contributed by atoms with Gasteiger partial charge in [-0.3, -0.25) is 0 Å². The zero-order chi connectivity index (χ0) is 5.11. The molecule has 12 heavy (non-hydrogen) atoms. The molecule has 0 bridgehead atoms. The van der Waals surface area contributed by atoms with Gasteiger partial charge in [0.05, 0.1) is 0 Å². The van der Waals surface area contributed by atoms with E-state index >= 15 is 0 Å². The van der Waals surface area contributed by atoms with Crippen LogP contribution >= 0.6 is 49.6 Å². The van der Waals surface area contributed by atoms with E-state index in [9.17, 15) is 0 Å². The van der Waals surface area contributed by atoms with Gasteiger partial charge in [-0.15, -0.1) is 49.6 Å². The van der Waals surface area contributed by atoms with Crippen LogP contribution in [0.4, 0.5) is 0 Å². The van der Waals surface area contributed by atoms with Gasteiger partial charge in [0.15, 0.2) is 0 Å². The van der Waals surface area contributed by atoms with E-state index in [0.717, 1.165) is 0 Å². The number of halogens is 4. The first-order chi connectivity index (χ1) is 3.39. The third-order valence-electron chi connectivity index (χ3n) is 0.940. The minimum atomic E-state index is 0. The summed E-state index contributed by atoms with van der Waals surface area (Å²) in [5.74, 6) is 0. The predicted molar refractivity (Wildman–Crippen MR) is 60.2 cm³/mol. The van der Waals surface area contributed by atoms with Crippen molar-refractivity contribution in [2.24, 2.45) is 0 Å². The first kappa shape index (κ1) is 29.2. The van der Waals surface area contributed by atoms with Crippen molar-refractivity contribution < 1.29 is 21.7 Å². The second-order valence-corrected chi connectivity index (χ2v) is 1.65. The molecule has 72 valence electrons. The molecule has 1 aromatic carbocycles. The van der Waals surface area contributed by atoms with Crippen LogP contribution < -0.4 is 0 Å². The Hall–Kier alpha value is 1.09. The van der Waals surface area contributed by atoms with Gasteiger partial charge < -0.3 is 0 Å². The summed E-state index contributed by atoms with van der Waals surface area (Å²) >= 11 is 0. The minimum absolute atomic E-state index is 0. The Kier molecular flexibility index (Phi) is 43.8. The van der Waals surface area contributed by atoms with Crippen LogP contribution in [0.1, 0.15) is 5.56 Å². The molecule has 0 radical (unpaired) electrons. The molecule has 0 aliphatic carbocycles. The van der Waals surface area contributed by atoms with E-state index in [1.165, 1.54) is 5.56 Å². The second-order valence-electron chi connectivity index (χ2n) is 1.65. The van der Waals surface area contributed by atoms with Crippen LogP contribution in [0.3, 0.4) is 0 Å². The average molecular weight is 286 g/mol. The van der Waals surface area contributed by atoms with Crippen LogP contribution in [0, 0.1) is 6.92 Å². The Balaban J connectivity index is -0.0000000327. The second kappa shape index (κ2) is 18.0. The minimum Gasteiger partial charge on any atom is -0.147 e. The maximum Gasteiger partial charge on any atom is 0 e. The fourth-order valence-electron chi connectivity index (χ4n) is 0.534. The van der Waals surface area contributed by atoms with Gasteiger partial charge in [-0.25, -0.2) is 0 Å². The number of rotatable bonds is 0. The van der Waals surface area contributed by atoms with Gasteiger partial charge in [0.1, 0.15) is 0 Å². The van der Waals surface area contributed by atoms with E-state index in [4.69, 9.17) is 0 Å². The Morgan fingerprint density at radius 3 is 1.25 bits per heavy atom. The van der Waals surface area contributed by atoms with Crippen molar-refractivity contribution in [3.05, 3.63) is 35.9 Å². The molecule has 0 aliphatic heterocycles. The SMILES string of the molecule is Cc1ccccc1.Cl.Cl.Cl.Cl.[Ti]. The molecule has 0 aliphatic rings. The van der Waals surface area contributed by atoms with E-state index in [-0.39, 0.29) is 71.3 Å². The number of aryl methyl sites for hydroxylation is 1. The molecule has 0 amide bonds. The van der Waals surface area contributed by atoms with E-state index in [1.807, 2.05) is 18.2 Å². The molecule has 1 aromatic rings. The first-order valence-corrected chi connectivity index (χ1v) is 2.41. The summed E-state index contributed by atoms with van der Waals surface area (Å²) in [5.41, 5.74) is 1.32. The van der Waals surface area contributed by atoms with Crippen molar-refractivity contribution in [1.29, 1.82) is 0 Å². The monoisotopic (exact) mass is 284 g/mol. The van der Waals surface area contributed by atoms with Crippen LogP contribution in [0.2, 0.25) is 0 Å². The summed E-state index contributed by atoms with van der Waals surface area (Å²) in [7, 11) is 0. The standard InChI is InChI=1S/C7H8.4ClH.Ti/c1-7-5-3-2-4-6-7;;;;;/h2-6H,1H3;4*1H;. The van der Waals surface area contributed by atoms with Crippen molar-refractivity contribution >= 4 is 49.6 Å². The fraction of sp³-hybridized carbons (Fsp3) is 0.143. The summed E-state index contributed by atoms with van der Waals surface area (Å²) < 4.78 is 0. The molecule has 5 heteroatoms. The summed E-state index contributed by atoms with van der Waals surface area (Å²) in [5, 5.41) is 0. The van der Waals surface area contributed by atoms with Crippen LogP contribution in [-0.2, 0) is 21.7 Å². The molecular formula is C7H12Cl4Ti. The van der Waals surface area contributed by atoms with Gasteiger partial charge in [0.25, 0.3) is 0 Å². The van der Waals surface area contributed by atoms with Gasteiger partial charge in [0, 0.05) is 21.7 Å². The first-order valence-electron chi connectivity index (χ1n) is 2.41. The Morgan fingerprint density at radius 2 is 1.08 bits per heavy atom. The fourth-order valence-corrected chi connectivity index (χ4v) is 0.534. The largest absolute Gasteiger partial charge is 0.147 e. The maximum absolute atomic E-state index is 2.08. The summed E-state index contributed by atoms with van der Waals surface area (Å²) in [6.45, 7) is 2.08. The molecule has 0 N–H and O–H groups in total. The van der Waals surface area contributed by atoms with Crippen molar-refractivity contribution in [3.63, 3.8) is 0 Å². The van der Waals surface area contributed by atoms with Crippen molar-refractivity contribution in [2.75, 3.05) is 0 Å². The molecule has 0 unspecified atom stereocenters. The normalized spacial score (nSPS) is 5.08. The molecule has 0 saturated heterocycles. The number of benzene rings is 1. The average Bonchev–Trinajstić information content (AvgIpc) is 1.69. The van der Waals surface area contributed by atoms with Gasteiger partial charge in [0.2, 0.25) is 0 Å². The van der Waals surface area contributed by atoms with E-state index in [1.54, 1.807) is 0 Å². The Bertz CT molecular complexity index is 145. The predicted octanol–water partition coefficient (Wildman–Crippen LogP) is 3.68. The van der Waals surface area contributed by atoms with E-state index < -0.39 is 0 Å². The zero-order valence-corrected chi connectivity index (χ0v) is 11.3. The summed E-state index contributed by atoms with van der Waals surface area (Å²) in [6.07, 6.45) is 0. The molecule has 0 atom stereocenters. The van der Waals surface area contributed by atoms with E-state index in [0.29, 0.717) is 0 Å². The quantitative estimate of drug-likeness (QED) is 0.638. The molecule has 0 aromatic heterocycles. The molecular weight excluding hydrogens is 274 g/mol. The van der Waals surface area contributed by atoms with Crippen molar-refractivity contribution in [1.82, 2.24) is 0 Å². The Morgan fingerprint density at radius 1 is 0.750 bits per heavy atom. The van der Waals surface area contributed by atoms with Crippen molar-refractivity contribution in [2.45, 2.75) is 6.92 Å². The smallest absolute Gasteiger partial charge is 0 e.